The maximum absolute atomic E-state index is 13.4. The maximum atomic E-state index is 13.4. The van der Waals surface area contributed by atoms with Crippen molar-refractivity contribution in [2.75, 3.05) is 11.3 Å². The highest BCUT2D eigenvalue weighted by Gasteiger charge is 2.30. The van der Waals surface area contributed by atoms with E-state index in [1.807, 2.05) is 32.3 Å². The van der Waals surface area contributed by atoms with Crippen LogP contribution in [-0.4, -0.2) is 42.1 Å². The average molecular weight is 471 g/mol. The first-order valence-electron chi connectivity index (χ1n) is 11.1. The van der Waals surface area contributed by atoms with Gasteiger partial charge in [0.1, 0.15) is 5.82 Å². The number of benzene rings is 2. The lowest BCUT2D eigenvalue weighted by Gasteiger charge is -2.35. The van der Waals surface area contributed by atoms with Crippen LogP contribution in [-0.2, 0) is 21.3 Å². The summed E-state index contributed by atoms with van der Waals surface area (Å²) in [6, 6.07) is 11.4. The van der Waals surface area contributed by atoms with Crippen molar-refractivity contribution in [3.8, 4) is 0 Å². The topological polar surface area (TPSA) is 102 Å². The highest BCUT2D eigenvalue weighted by atomic mass is 32.2. The van der Waals surface area contributed by atoms with E-state index in [1.165, 1.54) is 12.1 Å². The summed E-state index contributed by atoms with van der Waals surface area (Å²) >= 11 is 0. The molecular weight excluding hydrogens is 440 g/mol. The quantitative estimate of drug-likeness (QED) is 0.570. The molecule has 2 aromatic carbocycles. The van der Waals surface area contributed by atoms with E-state index >= 15 is 0 Å². The lowest BCUT2D eigenvalue weighted by molar-refractivity contribution is -0.0615. The van der Waals surface area contributed by atoms with Crippen molar-refractivity contribution >= 4 is 32.7 Å². The second-order valence-electron chi connectivity index (χ2n) is 8.98. The van der Waals surface area contributed by atoms with Gasteiger partial charge in [-0.25, -0.2) is 13.4 Å². The number of nitrogens with zero attached hydrogens (tertiary/aromatic N) is 2. The van der Waals surface area contributed by atoms with Gasteiger partial charge in [-0.05, 0) is 64.8 Å². The van der Waals surface area contributed by atoms with E-state index in [-0.39, 0.29) is 22.4 Å². The molecule has 2 heterocycles. The fourth-order valence-electron chi connectivity index (χ4n) is 4.44. The monoisotopic (exact) mass is 470 g/mol. The van der Waals surface area contributed by atoms with Gasteiger partial charge in [-0.15, -0.1) is 0 Å². The molecule has 1 aliphatic rings. The van der Waals surface area contributed by atoms with Crippen LogP contribution < -0.4 is 10.0 Å². The normalized spacial score (nSPS) is 18.2. The summed E-state index contributed by atoms with van der Waals surface area (Å²) in [7, 11) is -3.81. The van der Waals surface area contributed by atoms with Crippen LogP contribution in [0, 0.1) is 6.92 Å². The van der Waals surface area contributed by atoms with Crippen LogP contribution in [0.2, 0.25) is 0 Å². The summed E-state index contributed by atoms with van der Waals surface area (Å²) in [5.41, 5.74) is 1.65. The zero-order valence-corrected chi connectivity index (χ0v) is 20.2. The molecule has 1 fully saturated rings. The first-order valence-corrected chi connectivity index (χ1v) is 12.6. The van der Waals surface area contributed by atoms with Crippen LogP contribution >= 0.6 is 0 Å². The zero-order valence-electron chi connectivity index (χ0n) is 19.4. The number of rotatable bonds is 6. The van der Waals surface area contributed by atoms with E-state index in [0.29, 0.717) is 41.9 Å². The Balaban J connectivity index is 1.73. The number of aryl methyl sites for hydroxylation is 2. The molecule has 1 atom stereocenters. The molecule has 1 saturated heterocycles. The van der Waals surface area contributed by atoms with Crippen LogP contribution in [0.15, 0.2) is 47.4 Å². The van der Waals surface area contributed by atoms with Crippen molar-refractivity contribution in [2.24, 2.45) is 0 Å². The van der Waals surface area contributed by atoms with E-state index in [0.717, 1.165) is 12.2 Å². The third-order valence-corrected chi connectivity index (χ3v) is 7.33. The highest BCUT2D eigenvalue weighted by molar-refractivity contribution is 7.92. The molecule has 0 unspecified atom stereocenters. The molecule has 4 rings (SSSR count). The summed E-state index contributed by atoms with van der Waals surface area (Å²) in [6.07, 6.45) is 1.43. The Hall–Kier alpha value is -2.91. The van der Waals surface area contributed by atoms with Crippen LogP contribution in [0.5, 0.6) is 0 Å². The minimum atomic E-state index is -3.81. The number of sulfonamides is 1. The first kappa shape index (κ1) is 23.3. The summed E-state index contributed by atoms with van der Waals surface area (Å²) in [6.45, 7) is 9.11. The van der Waals surface area contributed by atoms with E-state index in [4.69, 9.17) is 4.74 Å². The number of ether oxygens (including phenoxy) is 1. The van der Waals surface area contributed by atoms with Crippen molar-refractivity contribution < 1.29 is 17.9 Å². The molecule has 9 heteroatoms. The summed E-state index contributed by atoms with van der Waals surface area (Å²) in [4.78, 5) is 18.2. The second-order valence-corrected chi connectivity index (χ2v) is 10.7. The fraction of sp³-hybridized carbons (Fsp3) is 0.417. The Morgan fingerprint density at radius 2 is 1.97 bits per heavy atom. The van der Waals surface area contributed by atoms with Crippen LogP contribution in [0.3, 0.4) is 0 Å². The summed E-state index contributed by atoms with van der Waals surface area (Å²) in [5, 5.41) is 3.13. The molecule has 3 aromatic rings. The minimum absolute atomic E-state index is 0.0277. The maximum Gasteiger partial charge on any atom is 0.261 e. The summed E-state index contributed by atoms with van der Waals surface area (Å²) < 4.78 is 36.1. The third kappa shape index (κ3) is 4.89. The number of hydrogen-bond acceptors (Lipinski definition) is 5. The number of imidazole rings is 1. The molecule has 0 radical (unpaired) electrons. The third-order valence-electron chi connectivity index (χ3n) is 5.93. The predicted molar refractivity (Wildman–Crippen MR) is 128 cm³/mol. The van der Waals surface area contributed by atoms with Crippen molar-refractivity contribution in [1.29, 1.82) is 0 Å². The number of fused-ring (bicyclic) bond motifs is 1. The Kier molecular flexibility index (Phi) is 6.20. The van der Waals surface area contributed by atoms with Gasteiger partial charge in [0.25, 0.3) is 15.9 Å². The molecule has 1 aromatic heterocycles. The van der Waals surface area contributed by atoms with Gasteiger partial charge in [-0.2, -0.15) is 0 Å². The average Bonchev–Trinajstić information content (AvgIpc) is 3.07. The molecular formula is C24H30N4O4S. The van der Waals surface area contributed by atoms with Gasteiger partial charge < -0.3 is 14.6 Å². The highest BCUT2D eigenvalue weighted by Crippen LogP contribution is 2.28. The van der Waals surface area contributed by atoms with Crippen molar-refractivity contribution in [1.82, 2.24) is 14.9 Å². The van der Waals surface area contributed by atoms with Gasteiger partial charge in [-0.3, -0.25) is 9.52 Å². The SMILES string of the molecule is CCn1c(C)nc2cc(NS(=O)(=O)c3ccccc3)cc(C(=O)N[C@@H]3CCOC(C)(C)C3)c21. The Labute approximate surface area is 194 Å². The number of nitrogens with one attached hydrogen (secondary N) is 2. The first-order chi connectivity index (χ1) is 15.6. The molecule has 0 aliphatic carbocycles. The molecule has 33 heavy (non-hydrogen) atoms. The number of hydrogen-bond donors (Lipinski definition) is 2. The zero-order chi connectivity index (χ0) is 23.8. The molecule has 2 N–H and O–H groups in total. The van der Waals surface area contributed by atoms with Crippen LogP contribution in [0.25, 0.3) is 11.0 Å². The standard InChI is InChI=1S/C24H30N4O4S/c1-5-28-16(2)25-21-14-18(27-33(30,31)19-9-7-6-8-10-19)13-20(22(21)28)23(29)26-17-11-12-32-24(3,4)15-17/h6-10,13-14,17,27H,5,11-12,15H2,1-4H3,(H,26,29)/t17-/m1/s1. The fourth-order valence-corrected chi connectivity index (χ4v) is 5.50. The number of anilines is 1. The van der Waals surface area contributed by atoms with E-state index in [1.54, 1.807) is 30.3 Å². The van der Waals surface area contributed by atoms with Crippen molar-refractivity contribution in [3.63, 3.8) is 0 Å². The Bertz CT molecular complexity index is 1280. The lowest BCUT2D eigenvalue weighted by atomic mass is 9.93. The van der Waals surface area contributed by atoms with Crippen molar-refractivity contribution in [3.05, 3.63) is 53.9 Å². The van der Waals surface area contributed by atoms with E-state index in [9.17, 15) is 13.2 Å². The van der Waals surface area contributed by atoms with Crippen LogP contribution in [0.1, 0.15) is 49.8 Å². The van der Waals surface area contributed by atoms with Gasteiger partial charge in [0.15, 0.2) is 0 Å². The molecule has 0 spiro atoms. The second kappa shape index (κ2) is 8.79. The van der Waals surface area contributed by atoms with Gasteiger partial charge in [0.05, 0.1) is 32.8 Å². The predicted octanol–water partition coefficient (Wildman–Crippen LogP) is 3.85. The van der Waals surface area contributed by atoms with Crippen LogP contribution in [0.4, 0.5) is 5.69 Å². The van der Waals surface area contributed by atoms with E-state index in [2.05, 4.69) is 15.0 Å². The van der Waals surface area contributed by atoms with Crippen molar-refractivity contribution in [2.45, 2.75) is 63.6 Å². The van der Waals surface area contributed by atoms with Gasteiger partial charge in [0.2, 0.25) is 0 Å². The Morgan fingerprint density at radius 3 is 2.64 bits per heavy atom. The minimum Gasteiger partial charge on any atom is -0.375 e. The number of carbonyl (C=O) groups excluding carboxylic acids is 1. The molecule has 176 valence electrons. The largest absolute Gasteiger partial charge is 0.375 e. The van der Waals surface area contributed by atoms with Gasteiger partial charge in [-0.1, -0.05) is 18.2 Å². The Morgan fingerprint density at radius 1 is 1.24 bits per heavy atom. The van der Waals surface area contributed by atoms with Gasteiger partial charge in [0, 0.05) is 19.2 Å². The number of amides is 1. The molecule has 1 amide bonds. The number of aromatic nitrogens is 2. The number of carbonyl (C=O) groups is 1. The molecule has 0 bridgehead atoms. The molecule has 0 saturated carbocycles. The van der Waals surface area contributed by atoms with Gasteiger partial charge >= 0.3 is 0 Å². The smallest absolute Gasteiger partial charge is 0.261 e. The lowest BCUT2D eigenvalue weighted by Crippen LogP contribution is -2.45. The summed E-state index contributed by atoms with van der Waals surface area (Å²) in [5.74, 6) is 0.509. The molecule has 1 aliphatic heterocycles. The van der Waals surface area contributed by atoms with E-state index < -0.39 is 10.0 Å². The molecule has 8 nitrogen and oxygen atoms in total.